The molecule has 0 aliphatic carbocycles. The highest BCUT2D eigenvalue weighted by Crippen LogP contribution is 2.33. The molecule has 2 unspecified atom stereocenters. The van der Waals surface area contributed by atoms with Crippen molar-refractivity contribution in [2.45, 2.75) is 59.2 Å². The molecular formula is C29H36O8. The zero-order chi connectivity index (χ0) is 27.6. The lowest BCUT2D eigenvalue weighted by molar-refractivity contribution is -0.142. The molecule has 8 heteroatoms. The number of aliphatic hydroxyl groups excluding tert-OH is 2. The Hall–Kier alpha value is -3.62. The lowest BCUT2D eigenvalue weighted by atomic mass is 9.78. The van der Waals surface area contributed by atoms with E-state index in [0.717, 1.165) is 11.1 Å². The number of benzene rings is 2. The summed E-state index contributed by atoms with van der Waals surface area (Å²) in [7, 11) is 0. The third kappa shape index (κ3) is 9.40. The van der Waals surface area contributed by atoms with Gasteiger partial charge in [0, 0.05) is 5.41 Å². The Balaban J connectivity index is 2.01. The summed E-state index contributed by atoms with van der Waals surface area (Å²) < 4.78 is 21.1. The predicted octanol–water partition coefficient (Wildman–Crippen LogP) is 4.43. The maximum absolute atomic E-state index is 11.9. The van der Waals surface area contributed by atoms with Gasteiger partial charge in [-0.15, -0.1) is 0 Å². The van der Waals surface area contributed by atoms with E-state index in [1.807, 2.05) is 48.5 Å². The molecule has 0 radical (unpaired) electrons. The molecule has 0 aliphatic rings. The van der Waals surface area contributed by atoms with Crippen molar-refractivity contribution < 1.29 is 38.7 Å². The van der Waals surface area contributed by atoms with Gasteiger partial charge in [-0.1, -0.05) is 38.1 Å². The molecule has 2 N–H and O–H groups in total. The van der Waals surface area contributed by atoms with E-state index in [2.05, 4.69) is 13.8 Å². The maximum atomic E-state index is 11.9. The minimum Gasteiger partial charge on any atom is -0.464 e. The highest BCUT2D eigenvalue weighted by atomic mass is 16.5. The van der Waals surface area contributed by atoms with Gasteiger partial charge in [0.15, 0.2) is 0 Å². The molecule has 0 heterocycles. The minimum absolute atomic E-state index is 0.0727. The number of hydrogen-bond acceptors (Lipinski definition) is 8. The number of carbonyl (C=O) groups excluding carboxylic acids is 2. The van der Waals surface area contributed by atoms with Gasteiger partial charge < -0.3 is 29.2 Å². The monoisotopic (exact) mass is 512 g/mol. The molecule has 2 aromatic carbocycles. The first-order chi connectivity index (χ1) is 17.4. The quantitative estimate of drug-likeness (QED) is 0.244. The number of carbonyl (C=O) groups is 2. The first-order valence-corrected chi connectivity index (χ1v) is 12.0. The minimum atomic E-state index is -0.726. The molecule has 200 valence electrons. The second-order valence-electron chi connectivity index (χ2n) is 9.41. The summed E-state index contributed by atoms with van der Waals surface area (Å²) in [6.07, 6.45) is 1.20. The molecule has 0 amide bonds. The molecule has 0 fully saturated rings. The summed E-state index contributed by atoms with van der Waals surface area (Å²) >= 11 is 0. The number of hydrogen-bond donors (Lipinski definition) is 2. The first kappa shape index (κ1) is 29.6. The van der Waals surface area contributed by atoms with Gasteiger partial charge in [-0.05, 0) is 63.1 Å². The van der Waals surface area contributed by atoms with E-state index in [-0.39, 0.29) is 29.8 Å². The van der Waals surface area contributed by atoms with Crippen LogP contribution in [0.4, 0.5) is 0 Å². The molecule has 0 aromatic heterocycles. The van der Waals surface area contributed by atoms with Gasteiger partial charge in [0.1, 0.15) is 37.2 Å². The summed E-state index contributed by atoms with van der Waals surface area (Å²) in [5.41, 5.74) is 2.37. The van der Waals surface area contributed by atoms with Crippen molar-refractivity contribution in [3.05, 3.63) is 83.3 Å². The van der Waals surface area contributed by atoms with Crippen LogP contribution in [0.25, 0.3) is 0 Å². The van der Waals surface area contributed by atoms with Crippen LogP contribution in [0.2, 0.25) is 0 Å². The molecule has 0 spiro atoms. The molecule has 0 aliphatic heterocycles. The molecule has 0 saturated heterocycles. The summed E-state index contributed by atoms with van der Waals surface area (Å²) in [5.74, 6) is 0.0428. The van der Waals surface area contributed by atoms with Gasteiger partial charge in [-0.2, -0.15) is 0 Å². The van der Waals surface area contributed by atoms with Crippen LogP contribution in [0.3, 0.4) is 0 Å². The van der Waals surface area contributed by atoms with Crippen molar-refractivity contribution in [3.63, 3.8) is 0 Å². The Morgan fingerprint density at radius 1 is 0.730 bits per heavy atom. The Labute approximate surface area is 218 Å². The summed E-state index contributed by atoms with van der Waals surface area (Å²) in [6, 6.07) is 15.1. The average molecular weight is 513 g/mol. The summed E-state index contributed by atoms with van der Waals surface area (Å²) in [5, 5.41) is 18.4. The molecule has 0 saturated carbocycles. The number of rotatable bonds is 12. The van der Waals surface area contributed by atoms with E-state index < -0.39 is 24.1 Å². The molecule has 2 atom stereocenters. The normalized spacial score (nSPS) is 13.9. The second-order valence-corrected chi connectivity index (χ2v) is 9.41. The Morgan fingerprint density at radius 2 is 1.05 bits per heavy atom. The van der Waals surface area contributed by atoms with Crippen LogP contribution in [0.5, 0.6) is 11.5 Å². The van der Waals surface area contributed by atoms with E-state index in [1.165, 1.54) is 26.4 Å². The number of ether oxygens (including phenoxy) is 4. The molecule has 0 bridgehead atoms. The smallest absolute Gasteiger partial charge is 0.336 e. The third-order valence-corrected chi connectivity index (χ3v) is 5.45. The summed E-state index contributed by atoms with van der Waals surface area (Å²) in [6.45, 7) is 10.3. The van der Waals surface area contributed by atoms with Crippen LogP contribution in [0, 0.1) is 0 Å². The van der Waals surface area contributed by atoms with Crippen molar-refractivity contribution in [1.29, 1.82) is 0 Å². The highest BCUT2D eigenvalue weighted by Gasteiger charge is 2.23. The zero-order valence-corrected chi connectivity index (χ0v) is 22.2. The van der Waals surface area contributed by atoms with Gasteiger partial charge in [-0.25, -0.2) is 9.59 Å². The fourth-order valence-electron chi connectivity index (χ4n) is 3.10. The second kappa shape index (κ2) is 13.6. The largest absolute Gasteiger partial charge is 0.464 e. The fourth-order valence-corrected chi connectivity index (χ4v) is 3.10. The van der Waals surface area contributed by atoms with Crippen molar-refractivity contribution >= 4 is 11.9 Å². The number of esters is 2. The highest BCUT2D eigenvalue weighted by molar-refractivity contribution is 5.87. The molecular weight excluding hydrogens is 476 g/mol. The van der Waals surface area contributed by atoms with E-state index in [9.17, 15) is 19.8 Å². The maximum Gasteiger partial charge on any atom is 0.336 e. The van der Waals surface area contributed by atoms with Gasteiger partial charge >= 0.3 is 11.9 Å². The van der Waals surface area contributed by atoms with Crippen molar-refractivity contribution in [2.75, 3.05) is 13.2 Å². The van der Waals surface area contributed by atoms with Crippen LogP contribution in [0.15, 0.2) is 72.2 Å². The van der Waals surface area contributed by atoms with Crippen LogP contribution in [0.1, 0.15) is 52.7 Å². The SMILES string of the molecule is CC(=COc1ccc(C(C)(C)c2ccc(OC=C(C)C(=O)OCC(C)O)cc2)cc1)C(=O)OCC(C)O. The lowest BCUT2D eigenvalue weighted by Crippen LogP contribution is -2.18. The van der Waals surface area contributed by atoms with Gasteiger partial charge in [0.25, 0.3) is 0 Å². The molecule has 37 heavy (non-hydrogen) atoms. The van der Waals surface area contributed by atoms with Crippen LogP contribution >= 0.6 is 0 Å². The Morgan fingerprint density at radius 3 is 1.35 bits per heavy atom. The van der Waals surface area contributed by atoms with E-state index >= 15 is 0 Å². The van der Waals surface area contributed by atoms with Crippen LogP contribution in [-0.4, -0.2) is 47.6 Å². The Bertz CT molecular complexity index is 1010. The van der Waals surface area contributed by atoms with Crippen LogP contribution in [-0.2, 0) is 24.5 Å². The van der Waals surface area contributed by atoms with Crippen molar-refractivity contribution in [3.8, 4) is 11.5 Å². The van der Waals surface area contributed by atoms with E-state index in [4.69, 9.17) is 18.9 Å². The summed E-state index contributed by atoms with van der Waals surface area (Å²) in [4.78, 5) is 23.7. The van der Waals surface area contributed by atoms with Gasteiger partial charge in [0.2, 0.25) is 0 Å². The fraction of sp³-hybridized carbons (Fsp3) is 0.379. The van der Waals surface area contributed by atoms with Gasteiger partial charge in [-0.3, -0.25) is 0 Å². The van der Waals surface area contributed by atoms with E-state index in [0.29, 0.717) is 11.5 Å². The topological polar surface area (TPSA) is 112 Å². The Kier molecular flexibility index (Phi) is 10.9. The van der Waals surface area contributed by atoms with E-state index in [1.54, 1.807) is 13.8 Å². The molecule has 8 nitrogen and oxygen atoms in total. The van der Waals surface area contributed by atoms with Crippen molar-refractivity contribution in [2.24, 2.45) is 0 Å². The average Bonchev–Trinajstić information content (AvgIpc) is 2.87. The zero-order valence-electron chi connectivity index (χ0n) is 22.2. The molecule has 2 rings (SSSR count). The van der Waals surface area contributed by atoms with Crippen LogP contribution < -0.4 is 9.47 Å². The standard InChI is InChI=1S/C29H36O8/c1-19(27(32)36-17-21(3)30)15-34-25-11-7-23(8-12-25)29(5,6)24-9-13-26(14-10-24)35-16-20(2)28(33)37-18-22(4)31/h7-16,21-22,30-31H,17-18H2,1-6H3. The first-order valence-electron chi connectivity index (χ1n) is 12.0. The van der Waals surface area contributed by atoms with Gasteiger partial charge in [0.05, 0.1) is 23.4 Å². The lowest BCUT2D eigenvalue weighted by Gasteiger charge is -2.26. The molecule has 2 aromatic rings. The van der Waals surface area contributed by atoms with Crippen molar-refractivity contribution in [1.82, 2.24) is 0 Å². The number of aliphatic hydroxyl groups is 2. The third-order valence-electron chi connectivity index (χ3n) is 5.45. The predicted molar refractivity (Wildman–Crippen MR) is 139 cm³/mol.